The predicted octanol–water partition coefficient (Wildman–Crippen LogP) is 5.07. The monoisotopic (exact) mass is 434 g/mol. The molecule has 0 unspecified atom stereocenters. The Labute approximate surface area is 181 Å². The van der Waals surface area contributed by atoms with Gasteiger partial charge in [-0.3, -0.25) is 10.1 Å². The maximum Gasteiger partial charge on any atom is 0.514 e. The summed E-state index contributed by atoms with van der Waals surface area (Å²) in [5, 5.41) is 10.7. The summed E-state index contributed by atoms with van der Waals surface area (Å²) in [6.45, 7) is 6.96. The number of nitro benzene ring substituents is 1. The highest BCUT2D eigenvalue weighted by atomic mass is 16.7. The lowest BCUT2D eigenvalue weighted by Crippen LogP contribution is -2.46. The van der Waals surface area contributed by atoms with Crippen molar-refractivity contribution in [1.29, 1.82) is 0 Å². The van der Waals surface area contributed by atoms with Crippen molar-refractivity contribution in [2.75, 3.05) is 13.1 Å². The highest BCUT2D eigenvalue weighted by molar-refractivity contribution is 5.68. The van der Waals surface area contributed by atoms with Crippen molar-refractivity contribution < 1.29 is 28.7 Å². The molecule has 31 heavy (non-hydrogen) atoms. The minimum Gasteiger partial charge on any atom is -0.444 e. The standard InChI is InChI=1S/C22H30N2O7/c1-21(2,3)31-19(25)23-14-12-22(13-15-23)10-8-18(9-11-22)30-20(26)29-17-6-4-16(5-7-17)24(27)28/h4-7,18H,8-15H2,1-3H3. The van der Waals surface area contributed by atoms with Crippen molar-refractivity contribution in [3.8, 4) is 5.75 Å². The topological polar surface area (TPSA) is 108 Å². The first-order valence-corrected chi connectivity index (χ1v) is 10.7. The number of carbonyl (C=O) groups excluding carboxylic acids is 2. The van der Waals surface area contributed by atoms with Gasteiger partial charge in [0.25, 0.3) is 5.69 Å². The molecule has 0 aromatic heterocycles. The molecule has 1 saturated heterocycles. The second kappa shape index (κ2) is 9.11. The number of nitro groups is 1. The zero-order valence-corrected chi connectivity index (χ0v) is 18.3. The van der Waals surface area contributed by atoms with Crippen LogP contribution in [0.3, 0.4) is 0 Å². The summed E-state index contributed by atoms with van der Waals surface area (Å²) >= 11 is 0. The average molecular weight is 434 g/mol. The quantitative estimate of drug-likeness (QED) is 0.283. The van der Waals surface area contributed by atoms with Crippen molar-refractivity contribution in [1.82, 2.24) is 4.90 Å². The Bertz CT molecular complexity index is 798. The van der Waals surface area contributed by atoms with Crippen molar-refractivity contribution in [3.63, 3.8) is 0 Å². The number of ether oxygens (including phenoxy) is 3. The van der Waals surface area contributed by atoms with Gasteiger partial charge in [0.2, 0.25) is 0 Å². The molecule has 170 valence electrons. The Hall–Kier alpha value is -2.84. The molecule has 1 heterocycles. The summed E-state index contributed by atoms with van der Waals surface area (Å²) < 4.78 is 16.0. The van der Waals surface area contributed by atoms with Gasteiger partial charge in [0.15, 0.2) is 0 Å². The Morgan fingerprint density at radius 1 is 1.06 bits per heavy atom. The highest BCUT2D eigenvalue weighted by Crippen LogP contribution is 2.45. The molecule has 2 fully saturated rings. The lowest BCUT2D eigenvalue weighted by Gasteiger charge is -2.45. The second-order valence-corrected chi connectivity index (χ2v) is 9.39. The lowest BCUT2D eigenvalue weighted by atomic mass is 9.67. The third-order valence-corrected chi connectivity index (χ3v) is 5.98. The van der Waals surface area contributed by atoms with Crippen LogP contribution in [0.1, 0.15) is 59.3 Å². The number of hydrogen-bond donors (Lipinski definition) is 0. The number of rotatable bonds is 3. The summed E-state index contributed by atoms with van der Waals surface area (Å²) in [6.07, 6.45) is 3.96. The summed E-state index contributed by atoms with van der Waals surface area (Å²) in [4.78, 5) is 36.3. The van der Waals surface area contributed by atoms with Gasteiger partial charge in [0, 0.05) is 25.2 Å². The summed E-state index contributed by atoms with van der Waals surface area (Å²) in [7, 11) is 0. The smallest absolute Gasteiger partial charge is 0.444 e. The number of non-ortho nitro benzene ring substituents is 1. The molecule has 1 aromatic rings. The van der Waals surface area contributed by atoms with Crippen LogP contribution in [0, 0.1) is 15.5 Å². The van der Waals surface area contributed by atoms with Crippen LogP contribution in [-0.2, 0) is 9.47 Å². The molecule has 0 atom stereocenters. The third kappa shape index (κ3) is 6.32. The zero-order valence-electron chi connectivity index (χ0n) is 18.3. The van der Waals surface area contributed by atoms with Crippen molar-refractivity contribution in [2.45, 2.75) is 71.0 Å². The number of likely N-dealkylation sites (tertiary alicyclic amines) is 1. The van der Waals surface area contributed by atoms with Crippen LogP contribution in [-0.4, -0.2) is 46.9 Å². The van der Waals surface area contributed by atoms with Crippen molar-refractivity contribution in [2.24, 2.45) is 5.41 Å². The molecule has 1 aliphatic heterocycles. The van der Waals surface area contributed by atoms with Gasteiger partial charge in [-0.2, -0.15) is 0 Å². The van der Waals surface area contributed by atoms with E-state index in [2.05, 4.69) is 0 Å². The molecule has 3 rings (SSSR count). The molecule has 1 spiro atoms. The Balaban J connectivity index is 1.42. The molecule has 9 nitrogen and oxygen atoms in total. The maximum atomic E-state index is 12.3. The molecule has 1 aliphatic carbocycles. The highest BCUT2D eigenvalue weighted by Gasteiger charge is 2.40. The molecule has 0 N–H and O–H groups in total. The molecule has 1 amide bonds. The van der Waals surface area contributed by atoms with Crippen LogP contribution < -0.4 is 4.74 Å². The van der Waals surface area contributed by atoms with Gasteiger partial charge in [-0.15, -0.1) is 0 Å². The molecule has 1 aromatic carbocycles. The van der Waals surface area contributed by atoms with Crippen molar-refractivity contribution >= 4 is 17.9 Å². The van der Waals surface area contributed by atoms with E-state index < -0.39 is 16.7 Å². The van der Waals surface area contributed by atoms with Gasteiger partial charge >= 0.3 is 12.2 Å². The first kappa shape index (κ1) is 22.8. The largest absolute Gasteiger partial charge is 0.514 e. The van der Waals surface area contributed by atoms with E-state index in [0.29, 0.717) is 13.1 Å². The van der Waals surface area contributed by atoms with Crippen molar-refractivity contribution in [3.05, 3.63) is 34.4 Å². The fourth-order valence-corrected chi connectivity index (χ4v) is 4.20. The number of piperidine rings is 1. The van der Waals surface area contributed by atoms with E-state index >= 15 is 0 Å². The van der Waals surface area contributed by atoms with Crippen LogP contribution in [0.25, 0.3) is 0 Å². The molecular formula is C22H30N2O7. The summed E-state index contributed by atoms with van der Waals surface area (Å²) in [5.41, 5.74) is -0.387. The van der Waals surface area contributed by atoms with E-state index in [1.54, 1.807) is 4.90 Å². The van der Waals surface area contributed by atoms with E-state index in [0.717, 1.165) is 38.5 Å². The lowest BCUT2D eigenvalue weighted by molar-refractivity contribution is -0.384. The second-order valence-electron chi connectivity index (χ2n) is 9.39. The number of nitrogens with zero attached hydrogens (tertiary/aromatic N) is 2. The van der Waals surface area contributed by atoms with Crippen LogP contribution in [0.4, 0.5) is 15.3 Å². The molecule has 2 aliphatic rings. The van der Waals surface area contributed by atoms with Gasteiger partial charge in [-0.1, -0.05) is 0 Å². The Morgan fingerprint density at radius 3 is 2.16 bits per heavy atom. The molecule has 1 saturated carbocycles. The van der Waals surface area contributed by atoms with E-state index in [4.69, 9.17) is 14.2 Å². The molecule has 9 heteroatoms. The van der Waals surface area contributed by atoms with Crippen LogP contribution in [0.15, 0.2) is 24.3 Å². The SMILES string of the molecule is CC(C)(C)OC(=O)N1CCC2(CCC(OC(=O)Oc3ccc([N+](=O)[O-])cc3)CC2)CC1. The van der Waals surface area contributed by atoms with Crippen LogP contribution in [0.5, 0.6) is 5.75 Å². The van der Waals surface area contributed by atoms with Gasteiger partial charge in [0.05, 0.1) is 4.92 Å². The average Bonchev–Trinajstić information content (AvgIpc) is 2.69. The number of hydrogen-bond acceptors (Lipinski definition) is 7. The van der Waals surface area contributed by atoms with Gasteiger partial charge < -0.3 is 19.1 Å². The number of amides is 1. The first-order chi connectivity index (χ1) is 14.6. The van der Waals surface area contributed by atoms with E-state index in [1.807, 2.05) is 20.8 Å². The summed E-state index contributed by atoms with van der Waals surface area (Å²) in [5.74, 6) is 0.206. The zero-order chi connectivity index (χ0) is 22.6. The number of carbonyl (C=O) groups is 2. The Kier molecular flexibility index (Phi) is 6.71. The van der Waals surface area contributed by atoms with Gasteiger partial charge in [-0.05, 0) is 76.8 Å². The van der Waals surface area contributed by atoms with E-state index in [1.165, 1.54) is 24.3 Å². The fourth-order valence-electron chi connectivity index (χ4n) is 4.20. The van der Waals surface area contributed by atoms with Crippen LogP contribution >= 0.6 is 0 Å². The fraction of sp³-hybridized carbons (Fsp3) is 0.636. The van der Waals surface area contributed by atoms with E-state index in [-0.39, 0.29) is 29.0 Å². The van der Waals surface area contributed by atoms with Crippen LogP contribution in [0.2, 0.25) is 0 Å². The van der Waals surface area contributed by atoms with Gasteiger partial charge in [0.1, 0.15) is 17.5 Å². The molecule has 0 radical (unpaired) electrons. The molecule has 0 bridgehead atoms. The normalized spacial score (nSPS) is 19.0. The minimum absolute atomic E-state index is 0.0731. The third-order valence-electron chi connectivity index (χ3n) is 5.98. The Morgan fingerprint density at radius 2 is 1.65 bits per heavy atom. The predicted molar refractivity (Wildman–Crippen MR) is 112 cm³/mol. The maximum absolute atomic E-state index is 12.3. The van der Waals surface area contributed by atoms with E-state index in [9.17, 15) is 19.7 Å². The van der Waals surface area contributed by atoms with Gasteiger partial charge in [-0.25, -0.2) is 9.59 Å². The summed E-state index contributed by atoms with van der Waals surface area (Å²) in [6, 6.07) is 5.29. The minimum atomic E-state index is -0.797. The molecular weight excluding hydrogens is 404 g/mol. The number of benzene rings is 1. The first-order valence-electron chi connectivity index (χ1n) is 10.7.